The summed E-state index contributed by atoms with van der Waals surface area (Å²) in [5, 5.41) is 2.86. The van der Waals surface area contributed by atoms with Crippen molar-refractivity contribution in [3.8, 4) is 11.5 Å². The van der Waals surface area contributed by atoms with Crippen LogP contribution in [0.15, 0.2) is 36.4 Å². The summed E-state index contributed by atoms with van der Waals surface area (Å²) >= 11 is 6.15. The number of nitrogens with zero attached hydrogens (tertiary/aromatic N) is 1. The van der Waals surface area contributed by atoms with Gasteiger partial charge in [-0.15, -0.1) is 0 Å². The van der Waals surface area contributed by atoms with Gasteiger partial charge in [0, 0.05) is 18.8 Å². The average molecular weight is 383 g/mol. The summed E-state index contributed by atoms with van der Waals surface area (Å²) in [5.41, 5.74) is 1.12. The molecule has 0 aliphatic carbocycles. The van der Waals surface area contributed by atoms with Crippen molar-refractivity contribution in [3.05, 3.63) is 47.0 Å². The second kappa shape index (κ2) is 6.45. The van der Waals surface area contributed by atoms with Gasteiger partial charge in [-0.1, -0.05) is 11.6 Å². The molecule has 0 saturated heterocycles. The van der Waals surface area contributed by atoms with Crippen molar-refractivity contribution in [3.63, 3.8) is 0 Å². The van der Waals surface area contributed by atoms with Gasteiger partial charge in [-0.25, -0.2) is 8.42 Å². The van der Waals surface area contributed by atoms with E-state index in [1.807, 2.05) is 0 Å². The highest BCUT2D eigenvalue weighted by atomic mass is 35.5. The molecule has 1 aliphatic rings. The molecular weight excluding hydrogens is 368 g/mol. The lowest BCUT2D eigenvalue weighted by atomic mass is 10.2. The number of benzene rings is 2. The Morgan fingerprint density at radius 1 is 1.16 bits per heavy atom. The lowest BCUT2D eigenvalue weighted by Gasteiger charge is -2.17. The third-order valence-corrected chi connectivity index (χ3v) is 5.21. The number of amides is 1. The van der Waals surface area contributed by atoms with Crippen molar-refractivity contribution >= 4 is 38.9 Å². The number of ether oxygens (including phenoxy) is 2. The number of fused-ring (bicyclic) bond motifs is 1. The van der Waals surface area contributed by atoms with Gasteiger partial charge in [0.25, 0.3) is 5.91 Å². The zero-order chi connectivity index (χ0) is 18.2. The fraction of sp³-hybridized carbons (Fsp3) is 0.188. The molecule has 0 aromatic heterocycles. The number of hydrogen-bond donors (Lipinski definition) is 1. The van der Waals surface area contributed by atoms with Crippen molar-refractivity contribution in [2.45, 2.75) is 0 Å². The van der Waals surface area contributed by atoms with Crippen LogP contribution in [0.3, 0.4) is 0 Å². The number of sulfonamides is 1. The van der Waals surface area contributed by atoms with E-state index in [1.165, 1.54) is 25.2 Å². The maximum atomic E-state index is 12.4. The summed E-state index contributed by atoms with van der Waals surface area (Å²) in [6.45, 7) is 0.147. The lowest BCUT2D eigenvalue weighted by molar-refractivity contribution is 0.102. The van der Waals surface area contributed by atoms with Crippen LogP contribution in [0.1, 0.15) is 10.4 Å². The first kappa shape index (κ1) is 17.4. The van der Waals surface area contributed by atoms with Gasteiger partial charge in [-0.3, -0.25) is 9.10 Å². The fourth-order valence-electron chi connectivity index (χ4n) is 2.25. The van der Waals surface area contributed by atoms with Gasteiger partial charge in [-0.05, 0) is 30.3 Å². The summed E-state index contributed by atoms with van der Waals surface area (Å²) in [6.07, 6.45) is 1.08. The largest absolute Gasteiger partial charge is 0.454 e. The molecule has 9 heteroatoms. The normalized spacial score (nSPS) is 12.8. The number of halogens is 1. The number of carbonyl (C=O) groups excluding carboxylic acids is 1. The van der Waals surface area contributed by atoms with Gasteiger partial charge < -0.3 is 14.8 Å². The minimum absolute atomic E-state index is 0.145. The molecule has 1 aliphatic heterocycles. The summed E-state index contributed by atoms with van der Waals surface area (Å²) < 4.78 is 34.7. The molecular formula is C16H15ClN2O5S. The van der Waals surface area contributed by atoms with Crippen molar-refractivity contribution in [2.24, 2.45) is 0 Å². The maximum Gasteiger partial charge on any atom is 0.257 e. The van der Waals surface area contributed by atoms with Crippen LogP contribution in [0.2, 0.25) is 5.02 Å². The third-order valence-electron chi connectivity index (χ3n) is 3.69. The molecule has 25 heavy (non-hydrogen) atoms. The van der Waals surface area contributed by atoms with E-state index in [9.17, 15) is 13.2 Å². The smallest absolute Gasteiger partial charge is 0.257 e. The van der Waals surface area contributed by atoms with E-state index in [1.54, 1.807) is 18.2 Å². The Morgan fingerprint density at radius 3 is 2.56 bits per heavy atom. The highest BCUT2D eigenvalue weighted by molar-refractivity contribution is 7.92. The first-order chi connectivity index (χ1) is 11.8. The summed E-state index contributed by atoms with van der Waals surface area (Å²) in [4.78, 5) is 12.4. The van der Waals surface area contributed by atoms with Crippen molar-refractivity contribution in [1.82, 2.24) is 0 Å². The minimum atomic E-state index is -3.41. The molecule has 0 unspecified atom stereocenters. The molecule has 0 bridgehead atoms. The van der Waals surface area contributed by atoms with Crippen molar-refractivity contribution in [2.75, 3.05) is 29.7 Å². The second-order valence-corrected chi connectivity index (χ2v) is 7.84. The van der Waals surface area contributed by atoms with Gasteiger partial charge in [0.05, 0.1) is 22.5 Å². The monoisotopic (exact) mass is 382 g/mol. The molecule has 2 aromatic rings. The molecule has 132 valence electrons. The lowest BCUT2D eigenvalue weighted by Crippen LogP contribution is -2.25. The fourth-order valence-corrected chi connectivity index (χ4v) is 3.01. The number of rotatable bonds is 4. The van der Waals surface area contributed by atoms with E-state index in [0.717, 1.165) is 10.6 Å². The first-order valence-corrected chi connectivity index (χ1v) is 9.43. The molecule has 0 atom stereocenters. The first-order valence-electron chi connectivity index (χ1n) is 7.20. The predicted molar refractivity (Wildman–Crippen MR) is 95.2 cm³/mol. The van der Waals surface area contributed by atoms with E-state index in [0.29, 0.717) is 22.9 Å². The molecule has 1 amide bonds. The van der Waals surface area contributed by atoms with Crippen LogP contribution < -0.4 is 19.1 Å². The number of anilines is 2. The van der Waals surface area contributed by atoms with Gasteiger partial charge in [0.2, 0.25) is 16.8 Å². The molecule has 1 N–H and O–H groups in total. The number of hydrogen-bond acceptors (Lipinski definition) is 5. The van der Waals surface area contributed by atoms with Crippen LogP contribution in [0.25, 0.3) is 0 Å². The van der Waals surface area contributed by atoms with Gasteiger partial charge >= 0.3 is 0 Å². The van der Waals surface area contributed by atoms with Crippen LogP contribution in [0, 0.1) is 0 Å². The van der Waals surface area contributed by atoms with E-state index < -0.39 is 15.9 Å². The minimum Gasteiger partial charge on any atom is -0.454 e. The Labute approximate surface area is 150 Å². The van der Waals surface area contributed by atoms with Crippen LogP contribution in [-0.2, 0) is 10.0 Å². The number of nitrogens with one attached hydrogen (secondary N) is 1. The van der Waals surface area contributed by atoms with Crippen LogP contribution in [0.4, 0.5) is 11.4 Å². The molecule has 2 aromatic carbocycles. The summed E-state index contributed by atoms with van der Waals surface area (Å²) in [5.74, 6) is 0.746. The van der Waals surface area contributed by atoms with Gasteiger partial charge in [-0.2, -0.15) is 0 Å². The molecule has 0 saturated carbocycles. The van der Waals surface area contributed by atoms with Crippen molar-refractivity contribution < 1.29 is 22.7 Å². The highest BCUT2D eigenvalue weighted by Crippen LogP contribution is 2.34. The third kappa shape index (κ3) is 3.64. The van der Waals surface area contributed by atoms with E-state index >= 15 is 0 Å². The SMILES string of the molecule is CN(c1ccc(C(=O)Nc2ccc3c(c2)OCO3)c(Cl)c1)S(C)(=O)=O. The Morgan fingerprint density at radius 2 is 1.88 bits per heavy atom. The molecule has 1 heterocycles. The zero-order valence-corrected chi connectivity index (χ0v) is 15.0. The van der Waals surface area contributed by atoms with E-state index in [2.05, 4.69) is 5.32 Å². The van der Waals surface area contributed by atoms with E-state index in [4.69, 9.17) is 21.1 Å². The quantitative estimate of drug-likeness (QED) is 0.878. The summed E-state index contributed by atoms with van der Waals surface area (Å²) in [6, 6.07) is 9.45. The van der Waals surface area contributed by atoms with E-state index in [-0.39, 0.29) is 17.4 Å². The van der Waals surface area contributed by atoms with Crippen LogP contribution >= 0.6 is 11.6 Å². The Balaban J connectivity index is 1.81. The topological polar surface area (TPSA) is 84.9 Å². The van der Waals surface area contributed by atoms with Crippen molar-refractivity contribution in [1.29, 1.82) is 0 Å². The molecule has 0 spiro atoms. The van der Waals surface area contributed by atoms with Gasteiger partial charge in [0.15, 0.2) is 11.5 Å². The Bertz CT molecular complexity index is 946. The highest BCUT2D eigenvalue weighted by Gasteiger charge is 2.18. The number of carbonyl (C=O) groups is 1. The van der Waals surface area contributed by atoms with Crippen LogP contribution in [-0.4, -0.2) is 34.4 Å². The standard InChI is InChI=1S/C16H15ClN2O5S/c1-19(25(2,21)22)11-4-5-12(13(17)8-11)16(20)18-10-3-6-14-15(7-10)24-9-23-14/h3-8H,9H2,1-2H3,(H,18,20). The van der Waals surface area contributed by atoms with Crippen LogP contribution in [0.5, 0.6) is 11.5 Å². The predicted octanol–water partition coefficient (Wildman–Crippen LogP) is 2.72. The Kier molecular flexibility index (Phi) is 4.49. The zero-order valence-electron chi connectivity index (χ0n) is 13.4. The maximum absolute atomic E-state index is 12.4. The molecule has 0 fully saturated rings. The second-order valence-electron chi connectivity index (χ2n) is 5.42. The average Bonchev–Trinajstić information content (AvgIpc) is 3.00. The summed E-state index contributed by atoms with van der Waals surface area (Å²) in [7, 11) is -2.00. The molecule has 0 radical (unpaired) electrons. The molecule has 3 rings (SSSR count). The Hall–Kier alpha value is -2.45. The van der Waals surface area contributed by atoms with Gasteiger partial charge in [0.1, 0.15) is 0 Å². The molecule has 7 nitrogen and oxygen atoms in total.